The van der Waals surface area contributed by atoms with Crippen LogP contribution in [0.1, 0.15) is 6.42 Å². The summed E-state index contributed by atoms with van der Waals surface area (Å²) in [5, 5.41) is 0. The molecule has 0 amide bonds. The second kappa shape index (κ2) is 1.55. The van der Waals surface area contributed by atoms with Gasteiger partial charge in [0.25, 0.3) is 0 Å². The van der Waals surface area contributed by atoms with E-state index in [1.807, 2.05) is 0 Å². The minimum absolute atomic E-state index is 0.0430. The molecule has 0 N–H and O–H groups in total. The molecule has 0 radical (unpaired) electrons. The minimum atomic E-state index is 0.0430. The van der Waals surface area contributed by atoms with E-state index in [9.17, 15) is 4.79 Å². The first kappa shape index (κ1) is 5.97. The van der Waals surface area contributed by atoms with E-state index >= 15 is 0 Å². The third kappa shape index (κ3) is 0.454. The maximum Gasteiger partial charge on any atom is 0.309 e. The average molecular weight is 166 g/mol. The molecule has 4 aliphatic rings. The summed E-state index contributed by atoms with van der Waals surface area (Å²) in [5.41, 5.74) is 0. The van der Waals surface area contributed by atoms with E-state index in [1.165, 1.54) is 6.42 Å². The monoisotopic (exact) mass is 166 g/mol. The van der Waals surface area contributed by atoms with Crippen LogP contribution in [0.5, 0.6) is 0 Å². The third-order valence-electron chi connectivity index (χ3n) is 4.11. The van der Waals surface area contributed by atoms with Gasteiger partial charge in [-0.2, -0.15) is 0 Å². The number of esters is 1. The fraction of sp³-hybridized carbons (Fsp3) is 0.889. The lowest BCUT2D eigenvalue weighted by molar-refractivity contribution is -0.142. The Bertz CT molecular complexity index is 273. The van der Waals surface area contributed by atoms with E-state index in [0.717, 1.165) is 0 Å². The second-order valence-electron chi connectivity index (χ2n) is 4.45. The Morgan fingerprint density at radius 2 is 2.00 bits per heavy atom. The first-order valence-electron chi connectivity index (χ1n) is 4.68. The summed E-state index contributed by atoms with van der Waals surface area (Å²) in [4.78, 5) is 11.3. The van der Waals surface area contributed by atoms with Gasteiger partial charge in [-0.25, -0.2) is 0 Å². The van der Waals surface area contributed by atoms with Crippen molar-refractivity contribution in [1.82, 2.24) is 0 Å². The molecule has 0 aromatic carbocycles. The highest BCUT2D eigenvalue weighted by atomic mass is 16.6. The summed E-state index contributed by atoms with van der Waals surface area (Å²) in [6, 6.07) is 0. The summed E-state index contributed by atoms with van der Waals surface area (Å²) >= 11 is 0. The highest BCUT2D eigenvalue weighted by molar-refractivity contribution is 5.76. The lowest BCUT2D eigenvalue weighted by Gasteiger charge is -2.15. The molecule has 2 aliphatic carbocycles. The Labute approximate surface area is 70.0 Å². The van der Waals surface area contributed by atoms with Crippen LogP contribution in [-0.4, -0.2) is 24.8 Å². The number of hydrogen-bond donors (Lipinski definition) is 0. The lowest BCUT2D eigenvalue weighted by atomic mass is 9.81. The van der Waals surface area contributed by atoms with E-state index in [2.05, 4.69) is 0 Å². The van der Waals surface area contributed by atoms with E-state index in [0.29, 0.717) is 36.6 Å². The van der Waals surface area contributed by atoms with Crippen molar-refractivity contribution < 1.29 is 14.3 Å². The standard InChI is InChI=1S/C9H10O3/c10-9-6-4-1-3(5(6)2-11-9)7-8(4)12-7/h3-8H,1-2H2/t3-,4-,5+,6-,7-,8+/m1/s1. The van der Waals surface area contributed by atoms with Crippen LogP contribution in [0.2, 0.25) is 0 Å². The Balaban J connectivity index is 1.80. The Kier molecular flexibility index (Phi) is 0.773. The molecule has 3 nitrogen and oxygen atoms in total. The van der Waals surface area contributed by atoms with Gasteiger partial charge in [-0.1, -0.05) is 0 Å². The first-order chi connectivity index (χ1) is 5.86. The van der Waals surface area contributed by atoms with Crippen molar-refractivity contribution in [2.75, 3.05) is 6.61 Å². The normalized spacial score (nSPS) is 64.5. The Morgan fingerprint density at radius 1 is 1.17 bits per heavy atom. The molecule has 2 saturated carbocycles. The van der Waals surface area contributed by atoms with Crippen molar-refractivity contribution in [1.29, 1.82) is 0 Å². The number of ether oxygens (including phenoxy) is 2. The smallest absolute Gasteiger partial charge is 0.309 e. The van der Waals surface area contributed by atoms with Crippen molar-refractivity contribution >= 4 is 5.97 Å². The van der Waals surface area contributed by atoms with Crippen LogP contribution < -0.4 is 0 Å². The van der Waals surface area contributed by atoms with Crippen LogP contribution in [0.3, 0.4) is 0 Å². The molecule has 4 fully saturated rings. The van der Waals surface area contributed by atoms with Gasteiger partial charge in [0.2, 0.25) is 0 Å². The van der Waals surface area contributed by atoms with Crippen LogP contribution in [0.15, 0.2) is 0 Å². The molecular formula is C9H10O3. The zero-order chi connectivity index (χ0) is 7.87. The average Bonchev–Trinajstić information content (AvgIpc) is 2.50. The summed E-state index contributed by atoms with van der Waals surface area (Å²) in [6.07, 6.45) is 2.16. The molecule has 0 unspecified atom stereocenters. The zero-order valence-electron chi connectivity index (χ0n) is 6.60. The van der Waals surface area contributed by atoms with Crippen molar-refractivity contribution in [3.05, 3.63) is 0 Å². The van der Waals surface area contributed by atoms with Crippen LogP contribution >= 0.6 is 0 Å². The molecule has 2 saturated heterocycles. The summed E-state index contributed by atoms with van der Waals surface area (Å²) in [6.45, 7) is 0.664. The molecular weight excluding hydrogens is 156 g/mol. The van der Waals surface area contributed by atoms with Gasteiger partial charge in [0.1, 0.15) is 0 Å². The van der Waals surface area contributed by atoms with Crippen molar-refractivity contribution in [2.45, 2.75) is 18.6 Å². The number of hydrogen-bond acceptors (Lipinski definition) is 3. The Hall–Kier alpha value is -0.570. The topological polar surface area (TPSA) is 38.8 Å². The number of cyclic esters (lactones) is 1. The van der Waals surface area contributed by atoms with Gasteiger partial charge < -0.3 is 9.47 Å². The molecule has 4 rings (SSSR count). The molecule has 2 bridgehead atoms. The summed E-state index contributed by atoms with van der Waals surface area (Å²) in [7, 11) is 0. The number of rotatable bonds is 0. The number of fused-ring (bicyclic) bond motifs is 8. The van der Waals surface area contributed by atoms with Crippen molar-refractivity contribution in [2.24, 2.45) is 23.7 Å². The summed E-state index contributed by atoms with van der Waals surface area (Å²) in [5.74, 6) is 1.92. The fourth-order valence-electron chi connectivity index (χ4n) is 3.61. The quantitative estimate of drug-likeness (QED) is 0.381. The second-order valence-corrected chi connectivity index (χ2v) is 4.45. The molecule has 0 spiro atoms. The number of carbonyl (C=O) groups is 1. The largest absolute Gasteiger partial charge is 0.465 e. The van der Waals surface area contributed by atoms with E-state index in [1.54, 1.807) is 0 Å². The van der Waals surface area contributed by atoms with Crippen LogP contribution in [0.4, 0.5) is 0 Å². The Morgan fingerprint density at radius 3 is 2.92 bits per heavy atom. The molecule has 2 aliphatic heterocycles. The van der Waals surface area contributed by atoms with Gasteiger partial charge in [0.15, 0.2) is 0 Å². The van der Waals surface area contributed by atoms with Gasteiger partial charge >= 0.3 is 5.97 Å². The minimum Gasteiger partial charge on any atom is -0.465 e. The van der Waals surface area contributed by atoms with Gasteiger partial charge in [0, 0.05) is 11.8 Å². The first-order valence-corrected chi connectivity index (χ1v) is 4.68. The number of epoxide rings is 1. The third-order valence-corrected chi connectivity index (χ3v) is 4.11. The van der Waals surface area contributed by atoms with E-state index in [4.69, 9.17) is 9.47 Å². The van der Waals surface area contributed by atoms with E-state index < -0.39 is 0 Å². The van der Waals surface area contributed by atoms with Gasteiger partial charge in [-0.3, -0.25) is 4.79 Å². The van der Waals surface area contributed by atoms with Crippen molar-refractivity contribution in [3.8, 4) is 0 Å². The molecule has 3 heteroatoms. The lowest BCUT2D eigenvalue weighted by Crippen LogP contribution is -2.28. The molecule has 0 aromatic rings. The van der Waals surface area contributed by atoms with Crippen LogP contribution in [0.25, 0.3) is 0 Å². The number of carbonyl (C=O) groups excluding carboxylic acids is 1. The molecule has 2 heterocycles. The maximum absolute atomic E-state index is 11.3. The van der Waals surface area contributed by atoms with Crippen molar-refractivity contribution in [3.63, 3.8) is 0 Å². The predicted molar refractivity (Wildman–Crippen MR) is 38.2 cm³/mol. The SMILES string of the molecule is O=C1OC[C@H]2[C@H]3C[C@@H]([C@@H]4O[C@H]34)[C@@H]12. The van der Waals surface area contributed by atoms with Gasteiger partial charge in [-0.05, 0) is 12.3 Å². The molecule has 6 atom stereocenters. The predicted octanol–water partition coefficient (Wildman–Crippen LogP) is 0.193. The van der Waals surface area contributed by atoms with Gasteiger partial charge in [-0.15, -0.1) is 0 Å². The maximum atomic E-state index is 11.3. The van der Waals surface area contributed by atoms with Gasteiger partial charge in [0.05, 0.1) is 24.7 Å². The molecule has 64 valence electrons. The highest BCUT2D eigenvalue weighted by Crippen LogP contribution is 2.63. The molecule has 12 heavy (non-hydrogen) atoms. The van der Waals surface area contributed by atoms with E-state index in [-0.39, 0.29) is 11.9 Å². The van der Waals surface area contributed by atoms with Crippen LogP contribution in [-0.2, 0) is 14.3 Å². The fourth-order valence-corrected chi connectivity index (χ4v) is 3.61. The zero-order valence-corrected chi connectivity index (χ0v) is 6.60. The summed E-state index contributed by atoms with van der Waals surface area (Å²) < 4.78 is 10.6. The molecule has 0 aromatic heterocycles. The highest BCUT2D eigenvalue weighted by Gasteiger charge is 2.70. The van der Waals surface area contributed by atoms with Crippen LogP contribution in [0, 0.1) is 23.7 Å².